The zero-order valence-corrected chi connectivity index (χ0v) is 10.5. The highest BCUT2D eigenvalue weighted by Gasteiger charge is 2.38. The number of aliphatic hydroxyl groups is 1. The van der Waals surface area contributed by atoms with Gasteiger partial charge < -0.3 is 9.84 Å². The van der Waals surface area contributed by atoms with E-state index in [-0.39, 0.29) is 12.6 Å². The van der Waals surface area contributed by atoms with Gasteiger partial charge in [-0.3, -0.25) is 4.79 Å². The number of carbonyl (C=O) groups is 2. The summed E-state index contributed by atoms with van der Waals surface area (Å²) in [4.78, 5) is 24.5. The Morgan fingerprint density at radius 1 is 1.71 bits per heavy atom. The summed E-state index contributed by atoms with van der Waals surface area (Å²) in [5.74, 6) is -1.03. The Hall–Kier alpha value is -1.36. The van der Waals surface area contributed by atoms with E-state index < -0.39 is 24.0 Å². The molecule has 0 saturated carbocycles. The van der Waals surface area contributed by atoms with Gasteiger partial charge in [0.05, 0.1) is 18.1 Å². The lowest BCUT2D eigenvalue weighted by atomic mass is 9.97. The van der Waals surface area contributed by atoms with Crippen molar-refractivity contribution in [1.29, 1.82) is 0 Å². The van der Waals surface area contributed by atoms with Crippen LogP contribution in [-0.4, -0.2) is 40.8 Å². The van der Waals surface area contributed by atoms with E-state index in [2.05, 4.69) is 6.58 Å². The zero-order chi connectivity index (χ0) is 13.2. The van der Waals surface area contributed by atoms with Crippen molar-refractivity contribution >= 4 is 12.0 Å². The molecule has 0 bridgehead atoms. The summed E-state index contributed by atoms with van der Waals surface area (Å²) >= 11 is 0. The summed E-state index contributed by atoms with van der Waals surface area (Å²) in [5, 5.41) is 9.83. The summed E-state index contributed by atoms with van der Waals surface area (Å²) in [6.45, 7) is 9.03. The highest BCUT2D eigenvalue weighted by atomic mass is 16.6. The molecule has 2 amide bonds. The van der Waals surface area contributed by atoms with Crippen LogP contribution in [0.4, 0.5) is 4.79 Å². The van der Waals surface area contributed by atoms with Crippen LogP contribution in [0.15, 0.2) is 12.2 Å². The lowest BCUT2D eigenvalue weighted by Crippen LogP contribution is -2.43. The average molecular weight is 241 g/mol. The number of aliphatic hydroxyl groups excluding tert-OH is 1. The topological polar surface area (TPSA) is 66.8 Å². The van der Waals surface area contributed by atoms with Crippen LogP contribution in [0, 0.1) is 5.92 Å². The van der Waals surface area contributed by atoms with Crippen LogP contribution in [0.3, 0.4) is 0 Å². The molecule has 96 valence electrons. The highest BCUT2D eigenvalue weighted by Crippen LogP contribution is 2.19. The van der Waals surface area contributed by atoms with Crippen molar-refractivity contribution < 1.29 is 19.4 Å². The Labute approximate surface area is 101 Å². The lowest BCUT2D eigenvalue weighted by molar-refractivity contribution is -0.136. The maximum absolute atomic E-state index is 12.0. The molecule has 1 aliphatic rings. The number of hydrogen-bond acceptors (Lipinski definition) is 4. The first-order valence-electron chi connectivity index (χ1n) is 5.66. The lowest BCUT2D eigenvalue weighted by Gasteiger charge is -2.23. The number of hydrogen-bond donors (Lipinski definition) is 1. The van der Waals surface area contributed by atoms with Crippen molar-refractivity contribution in [3.05, 3.63) is 12.2 Å². The average Bonchev–Trinajstić information content (AvgIpc) is 2.55. The van der Waals surface area contributed by atoms with Crippen LogP contribution in [0.5, 0.6) is 0 Å². The summed E-state index contributed by atoms with van der Waals surface area (Å²) in [6.07, 6.45) is -1.10. The third-order valence-electron chi connectivity index (χ3n) is 2.85. The molecule has 1 N–H and O–H groups in total. The Kier molecular flexibility index (Phi) is 4.28. The smallest absolute Gasteiger partial charge is 0.416 e. The molecule has 1 heterocycles. The number of rotatable bonds is 4. The largest absolute Gasteiger partial charge is 0.447 e. The molecule has 1 aliphatic heterocycles. The van der Waals surface area contributed by atoms with Gasteiger partial charge in [0, 0.05) is 0 Å². The predicted molar refractivity (Wildman–Crippen MR) is 62.3 cm³/mol. The van der Waals surface area contributed by atoms with Crippen molar-refractivity contribution in [3.63, 3.8) is 0 Å². The van der Waals surface area contributed by atoms with Gasteiger partial charge in [-0.25, -0.2) is 9.69 Å². The fourth-order valence-electron chi connectivity index (χ4n) is 1.74. The summed E-state index contributed by atoms with van der Waals surface area (Å²) in [7, 11) is 0. The van der Waals surface area contributed by atoms with Gasteiger partial charge in [-0.15, -0.1) is 6.58 Å². The van der Waals surface area contributed by atoms with Crippen LogP contribution in [-0.2, 0) is 9.53 Å². The van der Waals surface area contributed by atoms with Crippen LogP contribution in [0.2, 0.25) is 0 Å². The molecule has 0 radical (unpaired) electrons. The van der Waals surface area contributed by atoms with E-state index in [4.69, 9.17) is 4.74 Å². The Morgan fingerprint density at radius 2 is 2.29 bits per heavy atom. The van der Waals surface area contributed by atoms with Gasteiger partial charge in [0.25, 0.3) is 0 Å². The molecule has 0 spiro atoms. The van der Waals surface area contributed by atoms with Crippen molar-refractivity contribution in [1.82, 2.24) is 4.90 Å². The number of carbonyl (C=O) groups excluding carboxylic acids is 2. The van der Waals surface area contributed by atoms with Crippen molar-refractivity contribution in [2.45, 2.75) is 39.3 Å². The third-order valence-corrected chi connectivity index (χ3v) is 2.85. The van der Waals surface area contributed by atoms with Crippen LogP contribution >= 0.6 is 0 Å². The molecule has 0 aromatic rings. The van der Waals surface area contributed by atoms with Gasteiger partial charge in [0.1, 0.15) is 6.61 Å². The quantitative estimate of drug-likeness (QED) is 0.754. The number of imide groups is 1. The number of nitrogens with zero attached hydrogens (tertiary/aromatic N) is 1. The van der Waals surface area contributed by atoms with Gasteiger partial charge >= 0.3 is 6.09 Å². The zero-order valence-electron chi connectivity index (χ0n) is 10.5. The van der Waals surface area contributed by atoms with E-state index in [9.17, 15) is 14.7 Å². The molecule has 0 aromatic carbocycles. The van der Waals surface area contributed by atoms with E-state index in [0.29, 0.717) is 6.42 Å². The van der Waals surface area contributed by atoms with E-state index in [1.165, 1.54) is 0 Å². The van der Waals surface area contributed by atoms with E-state index in [1.54, 1.807) is 20.8 Å². The molecule has 1 rings (SSSR count). The summed E-state index contributed by atoms with van der Waals surface area (Å²) in [6, 6.07) is -0.269. The van der Waals surface area contributed by atoms with Crippen molar-refractivity contribution in [3.8, 4) is 0 Å². The second-order valence-corrected chi connectivity index (χ2v) is 4.65. The van der Waals surface area contributed by atoms with Gasteiger partial charge in [-0.2, -0.15) is 0 Å². The minimum Gasteiger partial charge on any atom is -0.447 e. The molecular formula is C12H19NO4. The minimum absolute atomic E-state index is 0.216. The second-order valence-electron chi connectivity index (χ2n) is 4.65. The van der Waals surface area contributed by atoms with Gasteiger partial charge in [-0.1, -0.05) is 12.5 Å². The van der Waals surface area contributed by atoms with Gasteiger partial charge in [-0.05, 0) is 20.3 Å². The first-order valence-corrected chi connectivity index (χ1v) is 5.66. The second kappa shape index (κ2) is 5.31. The molecule has 17 heavy (non-hydrogen) atoms. The maximum Gasteiger partial charge on any atom is 0.416 e. The van der Waals surface area contributed by atoms with Crippen LogP contribution < -0.4 is 0 Å². The minimum atomic E-state index is -0.819. The van der Waals surface area contributed by atoms with E-state index in [0.717, 1.165) is 10.5 Å². The number of cyclic esters (lactones) is 1. The number of ether oxygens (including phenoxy) is 1. The fourth-order valence-corrected chi connectivity index (χ4v) is 1.74. The van der Waals surface area contributed by atoms with Crippen LogP contribution in [0.1, 0.15) is 27.2 Å². The molecule has 1 unspecified atom stereocenters. The maximum atomic E-state index is 12.0. The van der Waals surface area contributed by atoms with Crippen LogP contribution in [0.25, 0.3) is 0 Å². The molecular weight excluding hydrogens is 222 g/mol. The molecule has 0 aromatic heterocycles. The van der Waals surface area contributed by atoms with E-state index in [1.807, 2.05) is 0 Å². The Morgan fingerprint density at radius 3 is 2.71 bits per heavy atom. The van der Waals surface area contributed by atoms with Gasteiger partial charge in [0.15, 0.2) is 0 Å². The van der Waals surface area contributed by atoms with Crippen molar-refractivity contribution in [2.24, 2.45) is 5.92 Å². The molecule has 1 saturated heterocycles. The fraction of sp³-hybridized carbons (Fsp3) is 0.667. The van der Waals surface area contributed by atoms with E-state index >= 15 is 0 Å². The molecule has 3 atom stereocenters. The summed E-state index contributed by atoms with van der Waals surface area (Å²) < 4.78 is 4.78. The monoisotopic (exact) mass is 241 g/mol. The number of amides is 2. The van der Waals surface area contributed by atoms with Gasteiger partial charge in [0.2, 0.25) is 5.91 Å². The molecule has 1 fully saturated rings. The third kappa shape index (κ3) is 3.06. The Balaban J connectivity index is 2.68. The van der Waals surface area contributed by atoms with Crippen molar-refractivity contribution in [2.75, 3.05) is 6.61 Å². The predicted octanol–water partition coefficient (Wildman–Crippen LogP) is 1.32. The molecule has 0 aliphatic carbocycles. The first-order chi connectivity index (χ1) is 7.84. The summed E-state index contributed by atoms with van der Waals surface area (Å²) in [5.41, 5.74) is 0.800. The first kappa shape index (κ1) is 13.7. The normalized spacial score (nSPS) is 23.2. The molecule has 5 heteroatoms. The SMILES string of the molecule is C=C(C)C[C@@H](O)[C@H](C)C(=O)N1C(=O)OCC1C. The highest BCUT2D eigenvalue weighted by molar-refractivity contribution is 5.94. The Bertz CT molecular complexity index is 339. The standard InChI is InChI=1S/C12H19NO4/c1-7(2)5-10(14)9(4)11(15)13-8(3)6-17-12(13)16/h8-10,14H,1,5-6H2,2-4H3/t8?,9-,10+/m0/s1. The molecule has 5 nitrogen and oxygen atoms in total.